The molecular formula is C29H17Br3F3N3O2. The van der Waals surface area contributed by atoms with Crippen LogP contribution in [0.2, 0.25) is 0 Å². The molecule has 1 heterocycles. The second-order valence-corrected chi connectivity index (χ2v) is 11.2. The van der Waals surface area contributed by atoms with Crippen molar-refractivity contribution in [2.24, 2.45) is 5.10 Å². The van der Waals surface area contributed by atoms with Gasteiger partial charge < -0.3 is 4.74 Å². The van der Waals surface area contributed by atoms with Gasteiger partial charge in [0, 0.05) is 20.1 Å². The maximum Gasteiger partial charge on any atom is 0.416 e. The molecule has 0 saturated heterocycles. The smallest absolute Gasteiger partial charge is 0.416 e. The SMILES string of the molecule is O=c1c2ccccc2nc(-c2cccc(C(F)(F)F)c2)n1N=Cc1ccc(OCc2ccc(Br)cc2Br)c(Br)c1. The van der Waals surface area contributed by atoms with Crippen LogP contribution in [-0.4, -0.2) is 15.9 Å². The van der Waals surface area contributed by atoms with Crippen molar-refractivity contribution in [3.05, 3.63) is 125 Å². The number of benzene rings is 4. The number of rotatable bonds is 6. The standard InChI is InChI=1S/C29H17Br3F3N3O2/c30-21-10-9-19(23(31)14-21)16-40-26-11-8-17(12-24(26)32)15-36-38-27(18-4-3-5-20(13-18)29(33,34)35)37-25-7-2-1-6-22(25)28(38)39/h1-15H,16H2. The molecule has 5 rings (SSSR count). The average molecular weight is 736 g/mol. The molecule has 5 nitrogen and oxygen atoms in total. The van der Waals surface area contributed by atoms with Crippen LogP contribution in [0.15, 0.2) is 108 Å². The molecule has 40 heavy (non-hydrogen) atoms. The summed E-state index contributed by atoms with van der Waals surface area (Å²) in [6.07, 6.45) is -3.11. The highest BCUT2D eigenvalue weighted by atomic mass is 79.9. The van der Waals surface area contributed by atoms with Crippen molar-refractivity contribution in [3.63, 3.8) is 0 Å². The van der Waals surface area contributed by atoms with Gasteiger partial charge in [-0.3, -0.25) is 4.79 Å². The first kappa shape index (κ1) is 28.3. The van der Waals surface area contributed by atoms with E-state index in [-0.39, 0.29) is 11.4 Å². The van der Waals surface area contributed by atoms with Gasteiger partial charge in [0.05, 0.1) is 27.2 Å². The van der Waals surface area contributed by atoms with Crippen molar-refractivity contribution in [2.75, 3.05) is 0 Å². The largest absolute Gasteiger partial charge is 0.488 e. The third kappa shape index (κ3) is 6.21. The first-order valence-electron chi connectivity index (χ1n) is 11.7. The van der Waals surface area contributed by atoms with Crippen LogP contribution in [0, 0.1) is 0 Å². The van der Waals surface area contributed by atoms with E-state index in [0.717, 1.165) is 31.3 Å². The Morgan fingerprint density at radius 1 is 0.900 bits per heavy atom. The van der Waals surface area contributed by atoms with Gasteiger partial charge in [-0.15, -0.1) is 0 Å². The molecule has 0 N–H and O–H groups in total. The van der Waals surface area contributed by atoms with Crippen molar-refractivity contribution in [1.82, 2.24) is 9.66 Å². The normalized spacial score (nSPS) is 11.8. The van der Waals surface area contributed by atoms with Crippen molar-refractivity contribution in [1.29, 1.82) is 0 Å². The fourth-order valence-corrected chi connectivity index (χ4v) is 5.56. The molecule has 4 aromatic carbocycles. The number of halogens is 6. The minimum absolute atomic E-state index is 0.00913. The number of hydrogen-bond donors (Lipinski definition) is 0. The molecule has 0 aliphatic carbocycles. The highest BCUT2D eigenvalue weighted by Gasteiger charge is 2.31. The van der Waals surface area contributed by atoms with Gasteiger partial charge in [-0.2, -0.15) is 22.9 Å². The second-order valence-electron chi connectivity index (χ2n) is 8.61. The summed E-state index contributed by atoms with van der Waals surface area (Å²) in [6, 6.07) is 22.4. The van der Waals surface area contributed by atoms with E-state index < -0.39 is 17.3 Å². The lowest BCUT2D eigenvalue weighted by Gasteiger charge is -2.12. The van der Waals surface area contributed by atoms with E-state index in [2.05, 4.69) is 57.9 Å². The fourth-order valence-electron chi connectivity index (χ4n) is 3.89. The predicted molar refractivity (Wildman–Crippen MR) is 160 cm³/mol. The van der Waals surface area contributed by atoms with E-state index in [1.165, 1.54) is 18.3 Å². The first-order valence-corrected chi connectivity index (χ1v) is 14.1. The molecule has 11 heteroatoms. The molecule has 0 radical (unpaired) electrons. The lowest BCUT2D eigenvalue weighted by atomic mass is 10.1. The van der Waals surface area contributed by atoms with Gasteiger partial charge in [0.25, 0.3) is 5.56 Å². The number of ether oxygens (including phenoxy) is 1. The van der Waals surface area contributed by atoms with Crippen molar-refractivity contribution < 1.29 is 17.9 Å². The number of aromatic nitrogens is 2. The maximum atomic E-state index is 13.4. The molecule has 202 valence electrons. The summed E-state index contributed by atoms with van der Waals surface area (Å²) in [7, 11) is 0. The molecule has 1 aromatic heterocycles. The van der Waals surface area contributed by atoms with Crippen LogP contribution >= 0.6 is 47.8 Å². The molecule has 0 spiro atoms. The Labute approximate surface area is 251 Å². The second kappa shape index (κ2) is 11.7. The molecule has 5 aromatic rings. The fraction of sp³-hybridized carbons (Fsp3) is 0.0690. The summed E-state index contributed by atoms with van der Waals surface area (Å²) in [5.41, 5.74) is 0.697. The van der Waals surface area contributed by atoms with Gasteiger partial charge in [0.2, 0.25) is 0 Å². The molecule has 0 amide bonds. The average Bonchev–Trinajstić information content (AvgIpc) is 2.92. The zero-order chi connectivity index (χ0) is 28.4. The highest BCUT2D eigenvalue weighted by Crippen LogP contribution is 2.32. The quantitative estimate of drug-likeness (QED) is 0.164. The molecule has 0 fully saturated rings. The number of nitrogens with zero attached hydrogens (tertiary/aromatic N) is 3. The van der Waals surface area contributed by atoms with Crippen LogP contribution in [0.1, 0.15) is 16.7 Å². The number of alkyl halides is 3. The zero-order valence-electron chi connectivity index (χ0n) is 20.3. The van der Waals surface area contributed by atoms with Crippen LogP contribution in [0.3, 0.4) is 0 Å². The summed E-state index contributed by atoms with van der Waals surface area (Å²) in [6.45, 7) is 0.332. The van der Waals surface area contributed by atoms with Gasteiger partial charge in [-0.1, -0.05) is 62.2 Å². The zero-order valence-corrected chi connectivity index (χ0v) is 25.1. The molecular weight excluding hydrogens is 719 g/mol. The Kier molecular flexibility index (Phi) is 8.25. The summed E-state index contributed by atoms with van der Waals surface area (Å²) in [4.78, 5) is 17.9. The van der Waals surface area contributed by atoms with E-state index in [1.54, 1.807) is 42.5 Å². The van der Waals surface area contributed by atoms with Crippen molar-refractivity contribution in [2.45, 2.75) is 12.8 Å². The monoisotopic (exact) mass is 733 g/mol. The van der Waals surface area contributed by atoms with Crippen LogP contribution in [0.25, 0.3) is 22.3 Å². The van der Waals surface area contributed by atoms with Crippen molar-refractivity contribution in [3.8, 4) is 17.1 Å². The van der Waals surface area contributed by atoms with Gasteiger partial charge in [0.15, 0.2) is 5.82 Å². The van der Waals surface area contributed by atoms with Crippen molar-refractivity contribution >= 4 is 64.9 Å². The van der Waals surface area contributed by atoms with E-state index in [9.17, 15) is 18.0 Å². The third-order valence-electron chi connectivity index (χ3n) is 5.88. The third-order valence-corrected chi connectivity index (χ3v) is 7.73. The summed E-state index contributed by atoms with van der Waals surface area (Å²) in [5, 5.41) is 4.63. The number of para-hydroxylation sites is 1. The molecule has 0 bridgehead atoms. The van der Waals surface area contributed by atoms with Crippen LogP contribution in [0.5, 0.6) is 5.75 Å². The predicted octanol–water partition coefficient (Wildman–Crippen LogP) is 8.83. The maximum absolute atomic E-state index is 13.4. The Morgan fingerprint density at radius 2 is 1.70 bits per heavy atom. The summed E-state index contributed by atoms with van der Waals surface area (Å²) < 4.78 is 49.7. The van der Waals surface area contributed by atoms with E-state index in [0.29, 0.717) is 33.3 Å². The van der Waals surface area contributed by atoms with Gasteiger partial charge in [-0.05, 0) is 76.1 Å². The Bertz CT molecular complexity index is 1820. The lowest BCUT2D eigenvalue weighted by Crippen LogP contribution is -2.20. The summed E-state index contributed by atoms with van der Waals surface area (Å²) >= 11 is 10.5. The van der Waals surface area contributed by atoms with Crippen LogP contribution < -0.4 is 10.3 Å². The Balaban J connectivity index is 1.49. The van der Waals surface area contributed by atoms with Crippen LogP contribution in [-0.2, 0) is 12.8 Å². The van der Waals surface area contributed by atoms with Gasteiger partial charge in [0.1, 0.15) is 12.4 Å². The van der Waals surface area contributed by atoms with E-state index in [1.807, 2.05) is 18.2 Å². The molecule has 0 saturated carbocycles. The van der Waals surface area contributed by atoms with Crippen LogP contribution in [0.4, 0.5) is 13.2 Å². The van der Waals surface area contributed by atoms with E-state index >= 15 is 0 Å². The lowest BCUT2D eigenvalue weighted by molar-refractivity contribution is -0.137. The van der Waals surface area contributed by atoms with Gasteiger partial charge >= 0.3 is 6.18 Å². The minimum atomic E-state index is -4.55. The molecule has 0 aliphatic heterocycles. The molecule has 0 atom stereocenters. The van der Waals surface area contributed by atoms with Gasteiger partial charge in [-0.25, -0.2) is 4.98 Å². The first-order chi connectivity index (χ1) is 19.1. The Hall–Kier alpha value is -3.28. The summed E-state index contributed by atoms with van der Waals surface area (Å²) in [5.74, 6) is 0.589. The topological polar surface area (TPSA) is 56.5 Å². The number of hydrogen-bond acceptors (Lipinski definition) is 4. The molecule has 0 aliphatic rings. The molecule has 0 unspecified atom stereocenters. The number of fused-ring (bicyclic) bond motifs is 1. The Morgan fingerprint density at radius 3 is 2.45 bits per heavy atom. The minimum Gasteiger partial charge on any atom is -0.488 e. The van der Waals surface area contributed by atoms with E-state index in [4.69, 9.17) is 4.74 Å². The highest BCUT2D eigenvalue weighted by molar-refractivity contribution is 9.11.